The van der Waals surface area contributed by atoms with Gasteiger partial charge in [-0.3, -0.25) is 4.79 Å². The van der Waals surface area contributed by atoms with Gasteiger partial charge in [0.1, 0.15) is 0 Å². The summed E-state index contributed by atoms with van der Waals surface area (Å²) in [4.78, 5) is 12.6. The SMILES string of the molecule is CC/C=C\C/C=C\C/C=C\C/C=C\C/C=C\C/C=C\C/C=C\CCCCCCCCCCCCCCCCCCCCCC(=O)NC(CO)C(O)/C=C/CCCCCCCCCCCCCCCCCCCCCCCCCCCCCCCC. The van der Waals surface area contributed by atoms with Crippen molar-refractivity contribution in [2.24, 2.45) is 0 Å². The van der Waals surface area contributed by atoms with Gasteiger partial charge >= 0.3 is 0 Å². The molecule has 2 unspecified atom stereocenters. The number of hydrogen-bond donors (Lipinski definition) is 3. The second-order valence-corrected chi connectivity index (χ2v) is 25.7. The molecule has 0 aliphatic rings. The number of nitrogens with one attached hydrogen (secondary N) is 1. The van der Waals surface area contributed by atoms with Gasteiger partial charge in [0.25, 0.3) is 0 Å². The second kappa shape index (κ2) is 75.6. The first-order valence-corrected chi connectivity index (χ1v) is 38.0. The van der Waals surface area contributed by atoms with Gasteiger partial charge in [-0.15, -0.1) is 0 Å². The third-order valence-electron chi connectivity index (χ3n) is 17.3. The van der Waals surface area contributed by atoms with Crippen LogP contribution in [0, 0.1) is 0 Å². The van der Waals surface area contributed by atoms with E-state index in [-0.39, 0.29) is 12.5 Å². The molecule has 494 valence electrons. The molecule has 4 heteroatoms. The lowest BCUT2D eigenvalue weighted by Gasteiger charge is -2.20. The molecular weight excluding hydrogens is 1030 g/mol. The van der Waals surface area contributed by atoms with Gasteiger partial charge in [-0.05, 0) is 77.0 Å². The van der Waals surface area contributed by atoms with Crippen molar-refractivity contribution in [1.82, 2.24) is 5.32 Å². The Hall–Kier alpha value is -2.69. The monoisotopic (exact) mass is 1180 g/mol. The van der Waals surface area contributed by atoms with E-state index in [4.69, 9.17) is 0 Å². The maximum atomic E-state index is 12.6. The average Bonchev–Trinajstić information content (AvgIpc) is 3.51. The highest BCUT2D eigenvalue weighted by Gasteiger charge is 2.18. The van der Waals surface area contributed by atoms with E-state index in [2.05, 4.69) is 104 Å². The summed E-state index contributed by atoms with van der Waals surface area (Å²) in [5, 5.41) is 23.4. The molecule has 0 saturated carbocycles. The number of aliphatic hydroxyl groups is 2. The third-order valence-corrected chi connectivity index (χ3v) is 17.3. The van der Waals surface area contributed by atoms with E-state index < -0.39 is 12.1 Å². The molecule has 0 saturated heterocycles. The van der Waals surface area contributed by atoms with Gasteiger partial charge < -0.3 is 15.5 Å². The lowest BCUT2D eigenvalue weighted by Crippen LogP contribution is -2.45. The first-order chi connectivity index (χ1) is 42.2. The molecule has 0 rings (SSSR count). The van der Waals surface area contributed by atoms with Gasteiger partial charge in [0.15, 0.2) is 0 Å². The van der Waals surface area contributed by atoms with E-state index >= 15 is 0 Å². The summed E-state index contributed by atoms with van der Waals surface area (Å²) in [6.45, 7) is 4.23. The molecule has 3 N–H and O–H groups in total. The molecule has 0 heterocycles. The smallest absolute Gasteiger partial charge is 0.220 e. The van der Waals surface area contributed by atoms with Crippen molar-refractivity contribution < 1.29 is 15.0 Å². The highest BCUT2D eigenvalue weighted by molar-refractivity contribution is 5.76. The Morgan fingerprint density at radius 2 is 0.518 bits per heavy atom. The minimum absolute atomic E-state index is 0.0590. The third kappa shape index (κ3) is 72.0. The first-order valence-electron chi connectivity index (χ1n) is 38.0. The molecule has 0 bridgehead atoms. The van der Waals surface area contributed by atoms with Crippen LogP contribution in [0.4, 0.5) is 0 Å². The summed E-state index contributed by atoms with van der Waals surface area (Å²) in [7, 11) is 0. The molecule has 0 aliphatic heterocycles. The Bertz CT molecular complexity index is 1530. The van der Waals surface area contributed by atoms with Crippen molar-refractivity contribution in [3.8, 4) is 0 Å². The van der Waals surface area contributed by atoms with E-state index in [1.807, 2.05) is 6.08 Å². The lowest BCUT2D eigenvalue weighted by atomic mass is 10.0. The number of amides is 1. The van der Waals surface area contributed by atoms with Crippen molar-refractivity contribution in [2.45, 2.75) is 405 Å². The molecule has 0 radical (unpaired) electrons. The van der Waals surface area contributed by atoms with Crippen molar-refractivity contribution >= 4 is 5.91 Å². The Morgan fingerprint density at radius 3 is 0.776 bits per heavy atom. The predicted octanol–water partition coefficient (Wildman–Crippen LogP) is 26.3. The lowest BCUT2D eigenvalue weighted by molar-refractivity contribution is -0.123. The Labute approximate surface area is 532 Å². The van der Waals surface area contributed by atoms with Gasteiger partial charge in [0, 0.05) is 6.42 Å². The van der Waals surface area contributed by atoms with E-state index in [0.29, 0.717) is 6.42 Å². The summed E-state index contributed by atoms with van der Waals surface area (Å²) in [5.74, 6) is -0.0590. The molecule has 0 aromatic carbocycles. The maximum Gasteiger partial charge on any atom is 0.220 e. The fraction of sp³-hybridized carbons (Fsp3) is 0.790. The van der Waals surface area contributed by atoms with Crippen molar-refractivity contribution in [1.29, 1.82) is 0 Å². The summed E-state index contributed by atoms with van der Waals surface area (Å²) in [5.41, 5.74) is 0. The molecular formula is C81H147NO3. The molecule has 1 amide bonds. The van der Waals surface area contributed by atoms with Crippen molar-refractivity contribution in [3.05, 3.63) is 97.2 Å². The summed E-state index contributed by atoms with van der Waals surface area (Å²) in [6, 6.07) is -0.627. The van der Waals surface area contributed by atoms with E-state index in [0.717, 1.165) is 70.6 Å². The number of rotatable bonds is 70. The number of unbranched alkanes of at least 4 members (excludes halogenated alkanes) is 49. The molecule has 0 aliphatic carbocycles. The van der Waals surface area contributed by atoms with Gasteiger partial charge in [0.05, 0.1) is 18.8 Å². The van der Waals surface area contributed by atoms with Crippen LogP contribution in [0.1, 0.15) is 393 Å². The zero-order valence-corrected chi connectivity index (χ0v) is 57.1. The Balaban J connectivity index is 3.45. The van der Waals surface area contributed by atoms with Crippen LogP contribution in [0.25, 0.3) is 0 Å². The van der Waals surface area contributed by atoms with Crippen LogP contribution in [0.2, 0.25) is 0 Å². The second-order valence-electron chi connectivity index (χ2n) is 25.7. The zero-order valence-electron chi connectivity index (χ0n) is 57.1. The molecule has 4 nitrogen and oxygen atoms in total. The highest BCUT2D eigenvalue weighted by Crippen LogP contribution is 2.19. The molecule has 0 spiro atoms. The van der Waals surface area contributed by atoms with Crippen LogP contribution in [0.5, 0.6) is 0 Å². The van der Waals surface area contributed by atoms with Crippen molar-refractivity contribution in [3.63, 3.8) is 0 Å². The van der Waals surface area contributed by atoms with Crippen LogP contribution in [-0.4, -0.2) is 34.9 Å². The molecule has 0 fully saturated rings. The topological polar surface area (TPSA) is 69.6 Å². The largest absolute Gasteiger partial charge is 0.394 e. The Morgan fingerprint density at radius 1 is 0.294 bits per heavy atom. The number of aliphatic hydroxyl groups excluding tert-OH is 2. The van der Waals surface area contributed by atoms with Crippen LogP contribution in [0.15, 0.2) is 97.2 Å². The minimum Gasteiger partial charge on any atom is -0.394 e. The van der Waals surface area contributed by atoms with Crippen LogP contribution >= 0.6 is 0 Å². The highest BCUT2D eigenvalue weighted by atomic mass is 16.3. The molecule has 85 heavy (non-hydrogen) atoms. The van der Waals surface area contributed by atoms with E-state index in [9.17, 15) is 15.0 Å². The van der Waals surface area contributed by atoms with Crippen LogP contribution in [0.3, 0.4) is 0 Å². The van der Waals surface area contributed by atoms with Gasteiger partial charge in [-0.25, -0.2) is 0 Å². The fourth-order valence-corrected chi connectivity index (χ4v) is 11.6. The van der Waals surface area contributed by atoms with Crippen LogP contribution < -0.4 is 5.32 Å². The number of carbonyl (C=O) groups excluding carboxylic acids is 1. The minimum atomic E-state index is -0.844. The van der Waals surface area contributed by atoms with E-state index in [1.165, 1.54) is 302 Å². The summed E-state index contributed by atoms with van der Waals surface area (Å²) in [6.07, 6.45) is 112. The predicted molar refractivity (Wildman–Crippen MR) is 382 cm³/mol. The Kier molecular flexibility index (Phi) is 73.2. The molecule has 0 aromatic rings. The molecule has 0 aromatic heterocycles. The maximum absolute atomic E-state index is 12.6. The number of carbonyl (C=O) groups is 1. The van der Waals surface area contributed by atoms with Crippen LogP contribution in [-0.2, 0) is 4.79 Å². The van der Waals surface area contributed by atoms with Gasteiger partial charge in [-0.2, -0.15) is 0 Å². The zero-order chi connectivity index (χ0) is 61.2. The fourth-order valence-electron chi connectivity index (χ4n) is 11.6. The first kappa shape index (κ1) is 82.3. The standard InChI is InChI=1S/C81H147NO3/c1-3-5-7-9-11-13-15-17-19-21-23-25-27-29-31-33-35-37-38-39-40-41-42-43-44-45-47-49-51-53-55-57-59-61-63-65-67-69-71-73-75-77-81(85)82-79(78-83)80(84)76-74-72-70-68-66-64-62-60-58-56-54-52-50-48-46-36-34-32-30-28-26-24-22-20-18-16-14-12-10-8-6-4-2/h5,7,11,13,17,19,23,25,29,31,35,37,39-40,74,76,79-80,83-84H,3-4,6,8-10,12,14-16,18,20-22,24,26-28,30,32-34,36,38,41-73,75,77-78H2,1-2H3,(H,82,85)/b7-5-,13-11-,19-17-,25-23-,31-29-,37-35-,40-39-,76-74+. The van der Waals surface area contributed by atoms with Gasteiger partial charge in [-0.1, -0.05) is 406 Å². The number of allylic oxidation sites excluding steroid dienone is 15. The van der Waals surface area contributed by atoms with E-state index in [1.54, 1.807) is 6.08 Å². The average molecular weight is 1180 g/mol. The quantitative estimate of drug-likeness (QED) is 0.0420. The van der Waals surface area contributed by atoms with Crippen molar-refractivity contribution in [2.75, 3.05) is 6.61 Å². The summed E-state index contributed by atoms with van der Waals surface area (Å²) < 4.78 is 0. The molecule has 2 atom stereocenters. The summed E-state index contributed by atoms with van der Waals surface area (Å²) >= 11 is 0. The van der Waals surface area contributed by atoms with Gasteiger partial charge in [0.2, 0.25) is 5.91 Å². The normalized spacial score (nSPS) is 13.2. The number of hydrogen-bond acceptors (Lipinski definition) is 3.